The zero-order valence-corrected chi connectivity index (χ0v) is 51.1. The summed E-state index contributed by atoms with van der Waals surface area (Å²) in [5, 5.41) is 13.9. The number of carbonyl (C=O) groups excluding carboxylic acids is 1. The molecule has 440 valence electrons. The van der Waals surface area contributed by atoms with Crippen molar-refractivity contribution in [2.75, 3.05) is 40.9 Å². The number of allylic oxidation sites excluding steroid dienone is 9. The zero-order valence-electron chi connectivity index (χ0n) is 50.3. The molecule has 1 amide bonds. The molecular weight excluding hydrogens is 948 g/mol. The first-order valence-corrected chi connectivity index (χ1v) is 33.6. The topological polar surface area (TPSA) is 108 Å². The first kappa shape index (κ1) is 73.2. The fourth-order valence-electron chi connectivity index (χ4n) is 9.39. The van der Waals surface area contributed by atoms with Gasteiger partial charge in [0, 0.05) is 6.42 Å². The van der Waals surface area contributed by atoms with Gasteiger partial charge in [-0.05, 0) is 77.0 Å². The zero-order chi connectivity index (χ0) is 54.9. The molecule has 0 spiro atoms. The van der Waals surface area contributed by atoms with Crippen LogP contribution in [0.5, 0.6) is 0 Å². The minimum atomic E-state index is -4.61. The summed E-state index contributed by atoms with van der Waals surface area (Å²) in [4.78, 5) is 25.6. The fourth-order valence-corrected chi connectivity index (χ4v) is 10.1. The molecule has 3 atom stereocenters. The maximum Gasteiger partial charge on any atom is 0.268 e. The number of phosphoric ester groups is 1. The second kappa shape index (κ2) is 56.9. The summed E-state index contributed by atoms with van der Waals surface area (Å²) < 4.78 is 23.4. The van der Waals surface area contributed by atoms with E-state index >= 15 is 0 Å². The van der Waals surface area contributed by atoms with E-state index in [0.29, 0.717) is 17.4 Å². The average Bonchev–Trinajstić information content (AvgIpc) is 3.37. The van der Waals surface area contributed by atoms with Crippen molar-refractivity contribution >= 4 is 13.7 Å². The van der Waals surface area contributed by atoms with Crippen LogP contribution < -0.4 is 10.2 Å². The van der Waals surface area contributed by atoms with Crippen molar-refractivity contribution in [3.63, 3.8) is 0 Å². The number of rotatable bonds is 59. The maximum atomic E-state index is 13.0. The standard InChI is InChI=1S/C66H125N2O6P/c1-6-8-10-12-14-16-18-20-22-24-26-28-30-31-32-33-34-35-36-37-38-40-42-44-46-48-50-52-54-56-58-60-66(70)67-64(63-74-75(71,72)73-62-61-68(3,4)5)65(69)59-57-55-53-51-49-47-45-43-41-39-29-27-25-23-21-19-17-15-13-11-9-7-2/h18,20,24,26,41,43,49,51,57,59,64-65,69H,6-17,19,21-23,25,27-40,42,44-48,50,52-56,58,60-63H2,1-5H3,(H-,67,70,71,72)/b20-18-,26-24-,43-41+,51-49+,59-57+. The summed E-state index contributed by atoms with van der Waals surface area (Å²) >= 11 is 0. The van der Waals surface area contributed by atoms with Crippen LogP contribution in [0, 0.1) is 0 Å². The van der Waals surface area contributed by atoms with Crippen LogP contribution in [0.1, 0.15) is 303 Å². The number of quaternary nitrogens is 1. The molecule has 8 nitrogen and oxygen atoms in total. The summed E-state index contributed by atoms with van der Waals surface area (Å²) in [6.45, 7) is 4.64. The Labute approximate surface area is 466 Å². The van der Waals surface area contributed by atoms with E-state index in [4.69, 9.17) is 9.05 Å². The van der Waals surface area contributed by atoms with E-state index in [2.05, 4.69) is 67.8 Å². The lowest BCUT2D eigenvalue weighted by molar-refractivity contribution is -0.870. The van der Waals surface area contributed by atoms with Gasteiger partial charge >= 0.3 is 0 Å². The van der Waals surface area contributed by atoms with Crippen molar-refractivity contribution < 1.29 is 32.9 Å². The van der Waals surface area contributed by atoms with E-state index in [1.54, 1.807) is 6.08 Å². The Morgan fingerprint density at radius 2 is 0.787 bits per heavy atom. The number of likely N-dealkylation sites (N-methyl/N-ethyl adjacent to an activating group) is 1. The molecule has 0 heterocycles. The number of nitrogens with zero attached hydrogens (tertiary/aromatic N) is 1. The Kier molecular flexibility index (Phi) is 55.5. The van der Waals surface area contributed by atoms with Crippen molar-refractivity contribution in [1.82, 2.24) is 5.32 Å². The summed E-state index contributed by atoms with van der Waals surface area (Å²) in [5.41, 5.74) is 0. The molecule has 0 fully saturated rings. The van der Waals surface area contributed by atoms with Crippen molar-refractivity contribution in [3.05, 3.63) is 60.8 Å². The lowest BCUT2D eigenvalue weighted by Crippen LogP contribution is -2.45. The summed E-state index contributed by atoms with van der Waals surface area (Å²) in [5.74, 6) is -0.208. The molecule has 0 saturated carbocycles. The van der Waals surface area contributed by atoms with E-state index in [1.165, 1.54) is 231 Å². The van der Waals surface area contributed by atoms with Gasteiger partial charge in [0.25, 0.3) is 7.82 Å². The van der Waals surface area contributed by atoms with Crippen LogP contribution in [0.15, 0.2) is 60.8 Å². The molecule has 0 aromatic heterocycles. The van der Waals surface area contributed by atoms with E-state index in [-0.39, 0.29) is 12.5 Å². The van der Waals surface area contributed by atoms with E-state index < -0.39 is 26.6 Å². The third-order valence-corrected chi connectivity index (χ3v) is 15.4. The maximum absolute atomic E-state index is 13.0. The molecular formula is C66H125N2O6P. The predicted molar refractivity (Wildman–Crippen MR) is 325 cm³/mol. The Bertz CT molecular complexity index is 1400. The summed E-state index contributed by atoms with van der Waals surface area (Å²) in [7, 11) is 1.24. The Morgan fingerprint density at radius 3 is 1.16 bits per heavy atom. The van der Waals surface area contributed by atoms with Crippen molar-refractivity contribution in [3.8, 4) is 0 Å². The molecule has 0 rings (SSSR count). The second-order valence-corrected chi connectivity index (χ2v) is 24.5. The molecule has 0 aromatic carbocycles. The van der Waals surface area contributed by atoms with Gasteiger partial charge in [0.05, 0.1) is 39.9 Å². The number of amides is 1. The van der Waals surface area contributed by atoms with Crippen molar-refractivity contribution in [2.45, 2.75) is 315 Å². The quantitative estimate of drug-likeness (QED) is 0.0272. The molecule has 3 unspecified atom stereocenters. The molecule has 2 N–H and O–H groups in total. The van der Waals surface area contributed by atoms with Crippen LogP contribution in [0.25, 0.3) is 0 Å². The minimum Gasteiger partial charge on any atom is -0.756 e. The number of carbonyl (C=O) groups is 1. The summed E-state index contributed by atoms with van der Waals surface area (Å²) in [6.07, 6.45) is 77.5. The molecule has 0 aliphatic rings. The van der Waals surface area contributed by atoms with Gasteiger partial charge in [-0.1, -0.05) is 280 Å². The number of hydrogen-bond acceptors (Lipinski definition) is 6. The highest BCUT2D eigenvalue weighted by Gasteiger charge is 2.23. The highest BCUT2D eigenvalue weighted by atomic mass is 31.2. The number of hydrogen-bond donors (Lipinski definition) is 2. The monoisotopic (exact) mass is 1070 g/mol. The Hall–Kier alpha value is -1.80. The molecule has 0 aromatic rings. The van der Waals surface area contributed by atoms with E-state index in [9.17, 15) is 19.4 Å². The predicted octanol–water partition coefficient (Wildman–Crippen LogP) is 19.4. The lowest BCUT2D eigenvalue weighted by Gasteiger charge is -2.29. The van der Waals surface area contributed by atoms with Crippen LogP contribution >= 0.6 is 7.82 Å². The second-order valence-electron chi connectivity index (χ2n) is 23.1. The SMILES string of the molecule is CCCCCCC/C=C\C/C=C\CCCCCCCCCCCCCCCCCCCCCC(=O)NC(COP(=O)([O-])OCC[N+](C)(C)C)C(O)/C=C/CC/C=C/CC/C=C/CCCCCCCCCCCCCC. The van der Waals surface area contributed by atoms with Gasteiger partial charge in [-0.2, -0.15) is 0 Å². The van der Waals surface area contributed by atoms with Crippen LogP contribution in [-0.4, -0.2) is 68.5 Å². The van der Waals surface area contributed by atoms with E-state index in [1.807, 2.05) is 27.2 Å². The summed E-state index contributed by atoms with van der Waals surface area (Å²) in [6, 6.07) is -0.911. The van der Waals surface area contributed by atoms with Crippen LogP contribution in [0.2, 0.25) is 0 Å². The first-order valence-electron chi connectivity index (χ1n) is 32.2. The lowest BCUT2D eigenvalue weighted by atomic mass is 10.0. The average molecular weight is 1070 g/mol. The molecule has 0 saturated heterocycles. The van der Waals surface area contributed by atoms with Gasteiger partial charge in [0.2, 0.25) is 5.91 Å². The van der Waals surface area contributed by atoms with Crippen molar-refractivity contribution in [1.29, 1.82) is 0 Å². The molecule has 9 heteroatoms. The van der Waals surface area contributed by atoms with E-state index in [0.717, 1.165) is 51.4 Å². The molecule has 0 bridgehead atoms. The number of phosphoric acid groups is 1. The van der Waals surface area contributed by atoms with Gasteiger partial charge in [-0.15, -0.1) is 0 Å². The van der Waals surface area contributed by atoms with Gasteiger partial charge in [-0.25, -0.2) is 0 Å². The van der Waals surface area contributed by atoms with Crippen LogP contribution in [0.4, 0.5) is 0 Å². The molecule has 75 heavy (non-hydrogen) atoms. The number of aliphatic hydroxyl groups is 1. The van der Waals surface area contributed by atoms with Gasteiger partial charge < -0.3 is 28.8 Å². The highest BCUT2D eigenvalue weighted by Crippen LogP contribution is 2.38. The van der Waals surface area contributed by atoms with Crippen LogP contribution in [-0.2, 0) is 18.4 Å². The van der Waals surface area contributed by atoms with Gasteiger partial charge in [0.15, 0.2) is 0 Å². The van der Waals surface area contributed by atoms with Crippen molar-refractivity contribution in [2.24, 2.45) is 0 Å². The highest BCUT2D eigenvalue weighted by molar-refractivity contribution is 7.45. The van der Waals surface area contributed by atoms with Gasteiger partial charge in [-0.3, -0.25) is 9.36 Å². The first-order chi connectivity index (χ1) is 36.5. The number of aliphatic hydroxyl groups excluding tert-OH is 1. The fraction of sp³-hybridized carbons (Fsp3) is 0.833. The normalized spacial score (nSPS) is 14.2. The number of nitrogens with one attached hydrogen (secondary N) is 1. The molecule has 0 aliphatic heterocycles. The number of unbranched alkanes of at least 4 members (excludes halogenated alkanes) is 38. The largest absolute Gasteiger partial charge is 0.756 e. The molecule has 0 radical (unpaired) electrons. The van der Waals surface area contributed by atoms with Crippen LogP contribution in [0.3, 0.4) is 0 Å². The Balaban J connectivity index is 4.14. The smallest absolute Gasteiger partial charge is 0.268 e. The Morgan fingerprint density at radius 1 is 0.467 bits per heavy atom. The third kappa shape index (κ3) is 59.7. The molecule has 0 aliphatic carbocycles. The minimum absolute atomic E-state index is 0.00917. The van der Waals surface area contributed by atoms with Gasteiger partial charge in [0.1, 0.15) is 13.2 Å². The third-order valence-electron chi connectivity index (χ3n) is 14.4.